The fourth-order valence-corrected chi connectivity index (χ4v) is 2.09. The first kappa shape index (κ1) is 11.3. The van der Waals surface area contributed by atoms with Crippen LogP contribution in [0.5, 0.6) is 0 Å². The molecule has 0 amide bonds. The van der Waals surface area contributed by atoms with Crippen molar-refractivity contribution >= 4 is 5.96 Å². The molecule has 2 N–H and O–H groups in total. The molecule has 0 aliphatic heterocycles. The maximum atomic E-state index is 5.99. The maximum absolute atomic E-state index is 5.99. The number of hydrogen-bond donors (Lipinski definition) is 1. The average molecular weight is 197 g/mol. The average Bonchev–Trinajstić information content (AvgIpc) is 2.57. The Balaban J connectivity index is 2.55. The van der Waals surface area contributed by atoms with Gasteiger partial charge in [0.2, 0.25) is 0 Å². The van der Waals surface area contributed by atoms with Gasteiger partial charge in [-0.15, -0.1) is 0 Å². The van der Waals surface area contributed by atoms with Crippen molar-refractivity contribution in [3.63, 3.8) is 0 Å². The van der Waals surface area contributed by atoms with Crippen molar-refractivity contribution in [1.29, 1.82) is 0 Å². The van der Waals surface area contributed by atoms with Crippen LogP contribution in [0.2, 0.25) is 0 Å². The quantitative estimate of drug-likeness (QED) is 0.555. The molecule has 3 nitrogen and oxygen atoms in total. The molecule has 1 rings (SSSR count). The Kier molecular flexibility index (Phi) is 4.23. The van der Waals surface area contributed by atoms with Gasteiger partial charge in [0.1, 0.15) is 0 Å². The van der Waals surface area contributed by atoms with Gasteiger partial charge >= 0.3 is 0 Å². The van der Waals surface area contributed by atoms with Crippen molar-refractivity contribution in [2.75, 3.05) is 6.54 Å². The molecule has 0 unspecified atom stereocenters. The molecule has 0 heterocycles. The minimum absolute atomic E-state index is 0.449. The lowest BCUT2D eigenvalue weighted by atomic mass is 10.3. The summed E-state index contributed by atoms with van der Waals surface area (Å²) in [6, 6.07) is 0.938. The fourth-order valence-electron chi connectivity index (χ4n) is 2.09. The first-order chi connectivity index (χ1) is 6.65. The van der Waals surface area contributed by atoms with Gasteiger partial charge in [-0.25, -0.2) is 4.99 Å². The Hall–Kier alpha value is -0.730. The van der Waals surface area contributed by atoms with Crippen molar-refractivity contribution in [2.45, 2.75) is 58.5 Å². The van der Waals surface area contributed by atoms with Gasteiger partial charge in [0.15, 0.2) is 5.96 Å². The predicted octanol–water partition coefficient (Wildman–Crippen LogP) is 1.97. The molecule has 1 saturated carbocycles. The van der Waals surface area contributed by atoms with Crippen LogP contribution in [0.1, 0.15) is 46.5 Å². The summed E-state index contributed by atoms with van der Waals surface area (Å²) in [5.41, 5.74) is 5.99. The summed E-state index contributed by atoms with van der Waals surface area (Å²) < 4.78 is 0. The highest BCUT2D eigenvalue weighted by Crippen LogP contribution is 2.21. The van der Waals surface area contributed by atoms with Gasteiger partial charge in [-0.2, -0.15) is 0 Å². The number of hydrogen-bond acceptors (Lipinski definition) is 1. The van der Waals surface area contributed by atoms with E-state index >= 15 is 0 Å². The minimum Gasteiger partial charge on any atom is -0.370 e. The number of guanidine groups is 1. The highest BCUT2D eigenvalue weighted by Gasteiger charge is 2.16. The highest BCUT2D eigenvalue weighted by molar-refractivity contribution is 5.78. The van der Waals surface area contributed by atoms with Gasteiger partial charge in [0.05, 0.1) is 6.04 Å². The van der Waals surface area contributed by atoms with Gasteiger partial charge in [-0.3, -0.25) is 0 Å². The van der Waals surface area contributed by atoms with E-state index in [-0.39, 0.29) is 0 Å². The molecular formula is C11H23N3. The normalized spacial score (nSPS) is 19.3. The van der Waals surface area contributed by atoms with E-state index in [1.165, 1.54) is 25.7 Å². The van der Waals surface area contributed by atoms with Crippen molar-refractivity contribution in [2.24, 2.45) is 10.7 Å². The van der Waals surface area contributed by atoms with Crippen molar-refractivity contribution in [1.82, 2.24) is 4.90 Å². The summed E-state index contributed by atoms with van der Waals surface area (Å²) in [7, 11) is 0. The highest BCUT2D eigenvalue weighted by atomic mass is 15.3. The molecule has 0 spiro atoms. The molecule has 0 radical (unpaired) electrons. The first-order valence-corrected chi connectivity index (χ1v) is 5.75. The van der Waals surface area contributed by atoms with Crippen LogP contribution in [0, 0.1) is 0 Å². The van der Waals surface area contributed by atoms with E-state index in [1.807, 2.05) is 0 Å². The van der Waals surface area contributed by atoms with Crippen molar-refractivity contribution < 1.29 is 0 Å². The standard InChI is InChI=1S/C11H23N3/c1-4-14(9(2)3)11(12)13-10-7-5-6-8-10/h9-10H,4-8H2,1-3H3,(H2,12,13). The molecule has 1 aliphatic carbocycles. The summed E-state index contributed by atoms with van der Waals surface area (Å²) in [6.07, 6.45) is 5.07. The molecule has 82 valence electrons. The van der Waals surface area contributed by atoms with Gasteiger partial charge in [0.25, 0.3) is 0 Å². The smallest absolute Gasteiger partial charge is 0.191 e. The monoisotopic (exact) mass is 197 g/mol. The van der Waals surface area contributed by atoms with Gasteiger partial charge < -0.3 is 10.6 Å². The second kappa shape index (κ2) is 5.23. The number of rotatable bonds is 3. The number of aliphatic imine (C=N–C) groups is 1. The Bertz CT molecular complexity index is 193. The first-order valence-electron chi connectivity index (χ1n) is 5.75. The minimum atomic E-state index is 0.449. The summed E-state index contributed by atoms with van der Waals surface area (Å²) in [4.78, 5) is 6.74. The van der Waals surface area contributed by atoms with Crippen LogP contribution < -0.4 is 5.73 Å². The van der Waals surface area contributed by atoms with Crippen LogP contribution in [0.15, 0.2) is 4.99 Å². The van der Waals surface area contributed by atoms with E-state index in [0.29, 0.717) is 12.1 Å². The van der Waals surface area contributed by atoms with E-state index in [4.69, 9.17) is 5.73 Å². The second-order valence-electron chi connectivity index (χ2n) is 4.31. The fraction of sp³-hybridized carbons (Fsp3) is 0.909. The lowest BCUT2D eigenvalue weighted by Gasteiger charge is -2.26. The molecule has 3 heteroatoms. The van der Waals surface area contributed by atoms with E-state index in [2.05, 4.69) is 30.7 Å². The lowest BCUT2D eigenvalue weighted by molar-refractivity contribution is 0.360. The Labute approximate surface area is 87.4 Å². The number of nitrogens with zero attached hydrogens (tertiary/aromatic N) is 2. The second-order valence-corrected chi connectivity index (χ2v) is 4.31. The van der Waals surface area contributed by atoms with Gasteiger partial charge in [0, 0.05) is 12.6 Å². The third kappa shape index (κ3) is 2.89. The van der Waals surface area contributed by atoms with E-state index in [1.54, 1.807) is 0 Å². The van der Waals surface area contributed by atoms with Crippen LogP contribution in [0.4, 0.5) is 0 Å². The molecule has 0 aromatic heterocycles. The number of nitrogens with two attached hydrogens (primary N) is 1. The largest absolute Gasteiger partial charge is 0.370 e. The maximum Gasteiger partial charge on any atom is 0.191 e. The van der Waals surface area contributed by atoms with Crippen LogP contribution in [0.25, 0.3) is 0 Å². The zero-order chi connectivity index (χ0) is 10.6. The molecular weight excluding hydrogens is 174 g/mol. The SMILES string of the molecule is CCN(C(N)=NC1CCCC1)C(C)C. The Morgan fingerprint density at radius 1 is 1.43 bits per heavy atom. The molecule has 0 bridgehead atoms. The molecule has 1 aliphatic rings. The summed E-state index contributed by atoms with van der Waals surface area (Å²) >= 11 is 0. The van der Waals surface area contributed by atoms with Crippen LogP contribution in [0.3, 0.4) is 0 Å². The molecule has 14 heavy (non-hydrogen) atoms. The van der Waals surface area contributed by atoms with Gasteiger partial charge in [-0.1, -0.05) is 12.8 Å². The molecule has 0 atom stereocenters. The van der Waals surface area contributed by atoms with E-state index < -0.39 is 0 Å². The lowest BCUT2D eigenvalue weighted by Crippen LogP contribution is -2.42. The van der Waals surface area contributed by atoms with Crippen LogP contribution in [-0.2, 0) is 0 Å². The van der Waals surface area contributed by atoms with Gasteiger partial charge in [-0.05, 0) is 33.6 Å². The topological polar surface area (TPSA) is 41.6 Å². The molecule has 1 fully saturated rings. The summed E-state index contributed by atoms with van der Waals surface area (Å²) in [5, 5.41) is 0. The van der Waals surface area contributed by atoms with Crippen molar-refractivity contribution in [3.8, 4) is 0 Å². The van der Waals surface area contributed by atoms with E-state index in [9.17, 15) is 0 Å². The zero-order valence-electron chi connectivity index (χ0n) is 9.66. The Morgan fingerprint density at radius 2 is 2.00 bits per heavy atom. The molecule has 0 aromatic carbocycles. The zero-order valence-corrected chi connectivity index (χ0v) is 9.66. The van der Waals surface area contributed by atoms with Crippen molar-refractivity contribution in [3.05, 3.63) is 0 Å². The van der Waals surface area contributed by atoms with E-state index in [0.717, 1.165) is 12.5 Å². The third-order valence-corrected chi connectivity index (χ3v) is 2.90. The van der Waals surface area contributed by atoms with Crippen LogP contribution >= 0.6 is 0 Å². The Morgan fingerprint density at radius 3 is 2.43 bits per heavy atom. The van der Waals surface area contributed by atoms with Crippen LogP contribution in [-0.4, -0.2) is 29.5 Å². The molecule has 0 aromatic rings. The molecule has 0 saturated heterocycles. The predicted molar refractivity (Wildman–Crippen MR) is 61.4 cm³/mol. The third-order valence-electron chi connectivity index (χ3n) is 2.90. The summed E-state index contributed by atoms with van der Waals surface area (Å²) in [5.74, 6) is 0.731. The summed E-state index contributed by atoms with van der Waals surface area (Å²) in [6.45, 7) is 7.37.